The largest absolute Gasteiger partial charge is 0.495 e. The van der Waals surface area contributed by atoms with Crippen LogP contribution < -0.4 is 15.6 Å². The zero-order valence-corrected chi connectivity index (χ0v) is 15.4. The SMILES string of the molecule is COc1cc(NC(=O)Cc2nn(C)c(=O)c3c(C)cccc23)ccc1Cl. The molecule has 0 saturated carbocycles. The number of nitrogens with one attached hydrogen (secondary N) is 1. The molecule has 0 atom stereocenters. The minimum absolute atomic E-state index is 0.0407. The number of nitrogens with zero attached hydrogens (tertiary/aromatic N) is 2. The van der Waals surface area contributed by atoms with E-state index >= 15 is 0 Å². The summed E-state index contributed by atoms with van der Waals surface area (Å²) in [6.45, 7) is 1.87. The van der Waals surface area contributed by atoms with E-state index in [-0.39, 0.29) is 17.9 Å². The number of hydrogen-bond acceptors (Lipinski definition) is 4. The molecule has 3 rings (SSSR count). The molecular formula is C19H18ClN3O3. The quantitative estimate of drug-likeness (QED) is 0.764. The average Bonchev–Trinajstić information content (AvgIpc) is 2.61. The molecule has 0 radical (unpaired) electrons. The summed E-state index contributed by atoms with van der Waals surface area (Å²) in [4.78, 5) is 24.8. The number of benzene rings is 2. The van der Waals surface area contributed by atoms with Crippen LogP contribution in [0.4, 0.5) is 5.69 Å². The smallest absolute Gasteiger partial charge is 0.274 e. The molecule has 26 heavy (non-hydrogen) atoms. The lowest BCUT2D eigenvalue weighted by Gasteiger charge is -2.11. The van der Waals surface area contributed by atoms with Gasteiger partial charge in [-0.1, -0.05) is 29.8 Å². The van der Waals surface area contributed by atoms with Gasteiger partial charge in [-0.05, 0) is 24.6 Å². The summed E-state index contributed by atoms with van der Waals surface area (Å²) < 4.78 is 6.42. The van der Waals surface area contributed by atoms with Crippen LogP contribution in [0.2, 0.25) is 5.02 Å². The highest BCUT2D eigenvalue weighted by Gasteiger charge is 2.14. The second-order valence-corrected chi connectivity index (χ2v) is 6.35. The molecule has 0 aliphatic rings. The molecule has 0 saturated heterocycles. The molecule has 0 unspecified atom stereocenters. The van der Waals surface area contributed by atoms with Crippen LogP contribution in [0, 0.1) is 6.92 Å². The summed E-state index contributed by atoms with van der Waals surface area (Å²) in [6, 6.07) is 10.5. The molecule has 0 aliphatic heterocycles. The summed E-state index contributed by atoms with van der Waals surface area (Å²) in [5.74, 6) is 0.231. The van der Waals surface area contributed by atoms with Gasteiger partial charge in [0.25, 0.3) is 5.56 Å². The van der Waals surface area contributed by atoms with Gasteiger partial charge >= 0.3 is 0 Å². The fourth-order valence-corrected chi connectivity index (χ4v) is 3.05. The molecule has 0 spiro atoms. The van der Waals surface area contributed by atoms with Crippen molar-refractivity contribution in [3.05, 3.63) is 63.0 Å². The zero-order valence-electron chi connectivity index (χ0n) is 14.7. The predicted octanol–water partition coefficient (Wildman–Crippen LogP) is 3.09. The monoisotopic (exact) mass is 371 g/mol. The molecule has 2 aromatic carbocycles. The molecule has 1 N–H and O–H groups in total. The van der Waals surface area contributed by atoms with Gasteiger partial charge in [-0.3, -0.25) is 9.59 Å². The molecule has 1 amide bonds. The van der Waals surface area contributed by atoms with Crippen LogP contribution in [0.5, 0.6) is 5.75 Å². The van der Waals surface area contributed by atoms with Gasteiger partial charge in [-0.15, -0.1) is 0 Å². The van der Waals surface area contributed by atoms with Crippen molar-refractivity contribution < 1.29 is 9.53 Å². The van der Waals surface area contributed by atoms with E-state index < -0.39 is 0 Å². The standard InChI is InChI=1S/C19H18ClN3O3/c1-11-5-4-6-13-15(22-23(2)19(25)18(11)13)10-17(24)21-12-7-8-14(20)16(9-12)26-3/h4-9H,10H2,1-3H3,(H,21,24). The van der Waals surface area contributed by atoms with Crippen molar-refractivity contribution in [1.29, 1.82) is 0 Å². The Morgan fingerprint density at radius 3 is 2.81 bits per heavy atom. The molecule has 3 aromatic rings. The number of ether oxygens (including phenoxy) is 1. The third-order valence-corrected chi connectivity index (χ3v) is 4.44. The topological polar surface area (TPSA) is 73.2 Å². The van der Waals surface area contributed by atoms with Crippen LogP contribution in [0.15, 0.2) is 41.2 Å². The van der Waals surface area contributed by atoms with E-state index in [1.165, 1.54) is 11.8 Å². The Morgan fingerprint density at radius 1 is 1.31 bits per heavy atom. The lowest BCUT2D eigenvalue weighted by Crippen LogP contribution is -2.24. The number of halogens is 1. The maximum Gasteiger partial charge on any atom is 0.274 e. The second kappa shape index (κ2) is 7.17. The van der Waals surface area contributed by atoms with Crippen LogP contribution in [0.3, 0.4) is 0 Å². The fourth-order valence-electron chi connectivity index (χ4n) is 2.86. The van der Waals surface area contributed by atoms with Gasteiger partial charge in [-0.25, -0.2) is 4.68 Å². The number of carbonyl (C=O) groups excluding carboxylic acids is 1. The number of anilines is 1. The van der Waals surface area contributed by atoms with Gasteiger partial charge < -0.3 is 10.1 Å². The lowest BCUT2D eigenvalue weighted by molar-refractivity contribution is -0.115. The summed E-state index contributed by atoms with van der Waals surface area (Å²) in [7, 11) is 3.09. The summed E-state index contributed by atoms with van der Waals surface area (Å²) >= 11 is 5.99. The van der Waals surface area contributed by atoms with Crippen molar-refractivity contribution in [2.45, 2.75) is 13.3 Å². The Balaban J connectivity index is 1.92. The summed E-state index contributed by atoms with van der Waals surface area (Å²) in [6.07, 6.45) is 0.0407. The molecule has 134 valence electrons. The number of aryl methyl sites for hydroxylation is 2. The van der Waals surface area contributed by atoms with Gasteiger partial charge in [-0.2, -0.15) is 5.10 Å². The normalized spacial score (nSPS) is 10.8. The van der Waals surface area contributed by atoms with Gasteiger partial charge in [0, 0.05) is 24.2 Å². The third kappa shape index (κ3) is 3.41. The molecule has 0 aliphatic carbocycles. The molecule has 7 heteroatoms. The molecule has 0 bridgehead atoms. The molecular weight excluding hydrogens is 354 g/mol. The maximum absolute atomic E-state index is 12.5. The summed E-state index contributed by atoms with van der Waals surface area (Å²) in [5, 5.41) is 8.81. The Labute approximate surface area is 155 Å². The van der Waals surface area contributed by atoms with Crippen molar-refractivity contribution in [1.82, 2.24) is 9.78 Å². The van der Waals surface area contributed by atoms with Gasteiger partial charge in [0.15, 0.2) is 0 Å². The first kappa shape index (κ1) is 17.9. The fraction of sp³-hybridized carbons (Fsp3) is 0.211. The Morgan fingerprint density at radius 2 is 2.08 bits per heavy atom. The van der Waals surface area contributed by atoms with Crippen LogP contribution in [0.1, 0.15) is 11.3 Å². The Hall–Kier alpha value is -2.86. The maximum atomic E-state index is 12.5. The number of carbonyl (C=O) groups is 1. The average molecular weight is 372 g/mol. The first-order valence-corrected chi connectivity index (χ1v) is 8.37. The first-order valence-electron chi connectivity index (χ1n) is 7.99. The van der Waals surface area contributed by atoms with Crippen molar-refractivity contribution in [2.75, 3.05) is 12.4 Å². The van der Waals surface area contributed by atoms with Gasteiger partial charge in [0.1, 0.15) is 5.75 Å². The number of amides is 1. The van der Waals surface area contributed by atoms with Crippen LogP contribution >= 0.6 is 11.6 Å². The van der Waals surface area contributed by atoms with E-state index in [1.807, 2.05) is 25.1 Å². The number of aromatic nitrogens is 2. The van der Waals surface area contributed by atoms with E-state index in [2.05, 4.69) is 10.4 Å². The predicted molar refractivity (Wildman–Crippen MR) is 102 cm³/mol. The van der Waals surface area contributed by atoms with Gasteiger partial charge in [0.2, 0.25) is 5.91 Å². The molecule has 0 fully saturated rings. The molecule has 1 aromatic heterocycles. The highest BCUT2D eigenvalue weighted by molar-refractivity contribution is 6.32. The Kier molecular flexibility index (Phi) is 4.95. The molecule has 1 heterocycles. The molecule has 6 nitrogen and oxygen atoms in total. The number of fused-ring (bicyclic) bond motifs is 1. The highest BCUT2D eigenvalue weighted by Crippen LogP contribution is 2.27. The highest BCUT2D eigenvalue weighted by atomic mass is 35.5. The number of methoxy groups -OCH3 is 1. The van der Waals surface area contributed by atoms with Crippen LogP contribution in [-0.4, -0.2) is 22.8 Å². The van der Waals surface area contributed by atoms with Crippen LogP contribution in [-0.2, 0) is 18.3 Å². The van der Waals surface area contributed by atoms with Crippen molar-refractivity contribution >= 4 is 34.0 Å². The second-order valence-electron chi connectivity index (χ2n) is 5.95. The van der Waals surface area contributed by atoms with Crippen LogP contribution in [0.25, 0.3) is 10.8 Å². The Bertz CT molecular complexity index is 1060. The van der Waals surface area contributed by atoms with E-state index in [4.69, 9.17) is 16.3 Å². The number of hydrogen-bond donors (Lipinski definition) is 1. The zero-order chi connectivity index (χ0) is 18.8. The van der Waals surface area contributed by atoms with E-state index in [9.17, 15) is 9.59 Å². The van der Waals surface area contributed by atoms with Crippen molar-refractivity contribution in [3.8, 4) is 5.75 Å². The van der Waals surface area contributed by atoms with E-state index in [0.717, 1.165) is 5.56 Å². The minimum atomic E-state index is -0.247. The van der Waals surface area contributed by atoms with E-state index in [1.54, 1.807) is 25.2 Å². The van der Waals surface area contributed by atoms with Crippen molar-refractivity contribution in [2.24, 2.45) is 7.05 Å². The summed E-state index contributed by atoms with van der Waals surface area (Å²) in [5.41, 5.74) is 1.80. The van der Waals surface area contributed by atoms with E-state index in [0.29, 0.717) is 32.9 Å². The third-order valence-electron chi connectivity index (χ3n) is 4.13. The number of rotatable bonds is 4. The van der Waals surface area contributed by atoms with Crippen molar-refractivity contribution in [3.63, 3.8) is 0 Å². The lowest BCUT2D eigenvalue weighted by atomic mass is 10.0. The van der Waals surface area contributed by atoms with Gasteiger partial charge in [0.05, 0.1) is 29.6 Å². The first-order chi connectivity index (χ1) is 12.4. The minimum Gasteiger partial charge on any atom is -0.495 e.